The van der Waals surface area contributed by atoms with Gasteiger partial charge in [0.2, 0.25) is 0 Å². The van der Waals surface area contributed by atoms with Crippen molar-refractivity contribution in [3.8, 4) is 11.5 Å². The molecule has 2 N–H and O–H groups in total. The molecule has 27 heavy (non-hydrogen) atoms. The predicted molar refractivity (Wildman–Crippen MR) is 103 cm³/mol. The van der Waals surface area contributed by atoms with Crippen LogP contribution in [-0.4, -0.2) is 16.8 Å². The summed E-state index contributed by atoms with van der Waals surface area (Å²) < 4.78 is 5.70. The van der Waals surface area contributed by atoms with Crippen molar-refractivity contribution in [3.05, 3.63) is 89.5 Å². The number of amides is 1. The quantitative estimate of drug-likeness (QED) is 0.503. The fraction of sp³-hybridized carbons (Fsp3) is 0.0909. The minimum absolute atomic E-state index is 0.164. The Labute approximate surface area is 157 Å². The SMILES string of the molecule is CC(=O)c1cccc(NC(=O)c2ccc(OCc3ccccc3)cc2)c1O. The van der Waals surface area contributed by atoms with Crippen molar-refractivity contribution in [3.63, 3.8) is 0 Å². The molecule has 0 aromatic heterocycles. The molecule has 0 unspecified atom stereocenters. The molecular weight excluding hydrogens is 342 g/mol. The van der Waals surface area contributed by atoms with Crippen LogP contribution in [0, 0.1) is 0 Å². The maximum atomic E-state index is 12.4. The third kappa shape index (κ3) is 4.52. The molecule has 0 aliphatic rings. The summed E-state index contributed by atoms with van der Waals surface area (Å²) in [5.74, 6) is -0.248. The summed E-state index contributed by atoms with van der Waals surface area (Å²) in [6.07, 6.45) is 0. The molecule has 3 aromatic rings. The van der Waals surface area contributed by atoms with E-state index < -0.39 is 0 Å². The monoisotopic (exact) mass is 361 g/mol. The largest absolute Gasteiger partial charge is 0.505 e. The van der Waals surface area contributed by atoms with E-state index in [9.17, 15) is 14.7 Å². The number of carbonyl (C=O) groups excluding carboxylic acids is 2. The van der Waals surface area contributed by atoms with Gasteiger partial charge < -0.3 is 15.2 Å². The summed E-state index contributed by atoms with van der Waals surface area (Å²) >= 11 is 0. The van der Waals surface area contributed by atoms with Crippen LogP contribution in [0.15, 0.2) is 72.8 Å². The van der Waals surface area contributed by atoms with E-state index in [0.717, 1.165) is 5.56 Å². The molecule has 0 saturated heterocycles. The van der Waals surface area contributed by atoms with Gasteiger partial charge in [0, 0.05) is 5.56 Å². The zero-order chi connectivity index (χ0) is 19.2. The number of ketones is 1. The summed E-state index contributed by atoms with van der Waals surface area (Å²) in [4.78, 5) is 23.9. The molecule has 0 aliphatic carbocycles. The number of para-hydroxylation sites is 1. The molecule has 0 aliphatic heterocycles. The van der Waals surface area contributed by atoms with Crippen molar-refractivity contribution in [2.45, 2.75) is 13.5 Å². The van der Waals surface area contributed by atoms with Crippen LogP contribution < -0.4 is 10.1 Å². The summed E-state index contributed by atoms with van der Waals surface area (Å²) in [7, 11) is 0. The Morgan fingerprint density at radius 2 is 1.63 bits per heavy atom. The summed E-state index contributed by atoms with van der Waals surface area (Å²) in [6.45, 7) is 1.80. The number of phenols is 1. The van der Waals surface area contributed by atoms with Crippen LogP contribution in [0.3, 0.4) is 0 Å². The second kappa shape index (κ2) is 8.19. The number of Topliss-reactive ketones (excluding diaryl/α,β-unsaturated/α-hetero) is 1. The van der Waals surface area contributed by atoms with Gasteiger partial charge in [-0.3, -0.25) is 9.59 Å². The van der Waals surface area contributed by atoms with Crippen LogP contribution >= 0.6 is 0 Å². The van der Waals surface area contributed by atoms with E-state index in [-0.39, 0.29) is 28.7 Å². The van der Waals surface area contributed by atoms with Gasteiger partial charge in [0.05, 0.1) is 11.3 Å². The van der Waals surface area contributed by atoms with Crippen molar-refractivity contribution >= 4 is 17.4 Å². The van der Waals surface area contributed by atoms with E-state index in [1.54, 1.807) is 30.3 Å². The number of nitrogens with one attached hydrogen (secondary N) is 1. The molecule has 0 atom stereocenters. The molecule has 136 valence electrons. The minimum atomic E-state index is -0.388. The minimum Gasteiger partial charge on any atom is -0.505 e. The lowest BCUT2D eigenvalue weighted by Crippen LogP contribution is -2.12. The van der Waals surface area contributed by atoms with Crippen molar-refractivity contribution < 1.29 is 19.4 Å². The highest BCUT2D eigenvalue weighted by Crippen LogP contribution is 2.28. The number of phenolic OH excluding ortho intramolecular Hbond substituents is 1. The first-order valence-corrected chi connectivity index (χ1v) is 8.45. The first-order valence-electron chi connectivity index (χ1n) is 8.45. The van der Waals surface area contributed by atoms with Crippen LogP contribution in [0.2, 0.25) is 0 Å². The van der Waals surface area contributed by atoms with Crippen molar-refractivity contribution in [2.75, 3.05) is 5.32 Å². The van der Waals surface area contributed by atoms with Gasteiger partial charge in [0.1, 0.15) is 18.1 Å². The number of carbonyl (C=O) groups is 2. The number of aromatic hydroxyl groups is 1. The molecule has 3 rings (SSSR count). The van der Waals surface area contributed by atoms with Crippen molar-refractivity contribution in [1.29, 1.82) is 0 Å². The standard InChI is InChI=1S/C22H19NO4/c1-15(24)19-8-5-9-20(21(19)25)23-22(26)17-10-12-18(13-11-17)27-14-16-6-3-2-4-7-16/h2-13,25H,14H2,1H3,(H,23,26). The van der Waals surface area contributed by atoms with Gasteiger partial charge in [-0.15, -0.1) is 0 Å². The maximum absolute atomic E-state index is 12.4. The zero-order valence-corrected chi connectivity index (χ0v) is 14.8. The molecule has 3 aromatic carbocycles. The van der Waals surface area contributed by atoms with Crippen LogP contribution in [0.25, 0.3) is 0 Å². The first-order chi connectivity index (χ1) is 13.0. The average Bonchev–Trinajstić information content (AvgIpc) is 2.69. The number of hydrogen-bond acceptors (Lipinski definition) is 4. The van der Waals surface area contributed by atoms with Gasteiger partial charge in [-0.1, -0.05) is 36.4 Å². The molecule has 0 fully saturated rings. The number of hydrogen-bond donors (Lipinski definition) is 2. The lowest BCUT2D eigenvalue weighted by atomic mass is 10.1. The second-order valence-electron chi connectivity index (χ2n) is 6.01. The number of benzene rings is 3. The van der Waals surface area contributed by atoms with Gasteiger partial charge in [-0.05, 0) is 48.9 Å². The van der Waals surface area contributed by atoms with E-state index in [1.807, 2.05) is 30.3 Å². The summed E-state index contributed by atoms with van der Waals surface area (Å²) in [5.41, 5.74) is 1.82. The van der Waals surface area contributed by atoms with Gasteiger partial charge >= 0.3 is 0 Å². The Balaban J connectivity index is 1.66. The topological polar surface area (TPSA) is 75.6 Å². The Hall–Kier alpha value is -3.60. The zero-order valence-electron chi connectivity index (χ0n) is 14.8. The van der Waals surface area contributed by atoms with E-state index in [2.05, 4.69) is 5.32 Å². The molecule has 0 bridgehead atoms. The van der Waals surface area contributed by atoms with Gasteiger partial charge in [0.25, 0.3) is 5.91 Å². The highest BCUT2D eigenvalue weighted by Gasteiger charge is 2.13. The van der Waals surface area contributed by atoms with Crippen LogP contribution in [-0.2, 0) is 6.61 Å². The van der Waals surface area contributed by atoms with Crippen molar-refractivity contribution in [2.24, 2.45) is 0 Å². The van der Waals surface area contributed by atoms with Gasteiger partial charge in [-0.2, -0.15) is 0 Å². The predicted octanol–water partition coefficient (Wildman–Crippen LogP) is 4.43. The highest BCUT2D eigenvalue weighted by molar-refractivity contribution is 6.07. The lowest BCUT2D eigenvalue weighted by Gasteiger charge is -2.10. The molecule has 0 radical (unpaired) electrons. The Bertz CT molecular complexity index is 950. The normalized spacial score (nSPS) is 10.3. The molecule has 1 amide bonds. The van der Waals surface area contributed by atoms with Gasteiger partial charge in [-0.25, -0.2) is 0 Å². The van der Waals surface area contributed by atoms with Crippen LogP contribution in [0.1, 0.15) is 33.2 Å². The molecule has 5 nitrogen and oxygen atoms in total. The first kappa shape index (κ1) is 18.2. The highest BCUT2D eigenvalue weighted by atomic mass is 16.5. The molecule has 0 spiro atoms. The van der Waals surface area contributed by atoms with Gasteiger partial charge in [0.15, 0.2) is 5.78 Å². The molecule has 0 saturated carbocycles. The third-order valence-electron chi connectivity index (χ3n) is 4.03. The number of rotatable bonds is 6. The lowest BCUT2D eigenvalue weighted by molar-refractivity contribution is 0.100. The van der Waals surface area contributed by atoms with Crippen LogP contribution in [0.4, 0.5) is 5.69 Å². The molecular formula is C22H19NO4. The smallest absolute Gasteiger partial charge is 0.255 e. The summed E-state index contributed by atoms with van der Waals surface area (Å²) in [5, 5.41) is 12.7. The number of ether oxygens (including phenoxy) is 1. The third-order valence-corrected chi connectivity index (χ3v) is 4.03. The number of anilines is 1. The van der Waals surface area contributed by atoms with Crippen molar-refractivity contribution in [1.82, 2.24) is 0 Å². The molecule has 5 heteroatoms. The van der Waals surface area contributed by atoms with Crippen LogP contribution in [0.5, 0.6) is 11.5 Å². The maximum Gasteiger partial charge on any atom is 0.255 e. The van der Waals surface area contributed by atoms with E-state index in [0.29, 0.717) is 17.9 Å². The Morgan fingerprint density at radius 1 is 0.926 bits per heavy atom. The fourth-order valence-corrected chi connectivity index (χ4v) is 2.57. The Morgan fingerprint density at radius 3 is 2.30 bits per heavy atom. The second-order valence-corrected chi connectivity index (χ2v) is 6.01. The van der Waals surface area contributed by atoms with E-state index in [4.69, 9.17) is 4.74 Å². The fourth-order valence-electron chi connectivity index (χ4n) is 2.57. The summed E-state index contributed by atoms with van der Waals surface area (Å²) in [6, 6.07) is 21.1. The van der Waals surface area contributed by atoms with E-state index >= 15 is 0 Å². The Kier molecular flexibility index (Phi) is 5.52. The average molecular weight is 361 g/mol. The molecule has 0 heterocycles. The van der Waals surface area contributed by atoms with E-state index in [1.165, 1.54) is 19.1 Å².